The van der Waals surface area contributed by atoms with E-state index < -0.39 is 0 Å². The quantitative estimate of drug-likeness (QED) is 0.494. The van der Waals surface area contributed by atoms with Crippen molar-refractivity contribution in [3.63, 3.8) is 0 Å². The molecule has 0 saturated heterocycles. The Kier molecular flexibility index (Phi) is 1.19. The Labute approximate surface area is 58.6 Å². The third-order valence-corrected chi connectivity index (χ3v) is 2.52. The molecule has 0 saturated carbocycles. The highest BCUT2D eigenvalue weighted by Gasteiger charge is 2.11. The molecule has 0 aromatic heterocycles. The minimum Gasteiger partial charge on any atom is -0.288 e. The fourth-order valence-corrected chi connectivity index (χ4v) is 1.95. The van der Waals surface area contributed by atoms with Gasteiger partial charge in [-0.15, -0.1) is 11.8 Å². The number of dihydropyridines is 1. The molecule has 0 N–H and O–H groups in total. The van der Waals surface area contributed by atoms with Gasteiger partial charge in [0, 0.05) is 16.9 Å². The lowest BCUT2D eigenvalue weighted by Gasteiger charge is -2.03. The molecule has 2 rings (SSSR count). The predicted molar refractivity (Wildman–Crippen MR) is 42.0 cm³/mol. The van der Waals surface area contributed by atoms with Crippen molar-refractivity contribution in [1.82, 2.24) is 0 Å². The molecule has 2 aliphatic rings. The van der Waals surface area contributed by atoms with Crippen molar-refractivity contribution in [3.8, 4) is 0 Å². The number of fused-ring (bicyclic) bond motifs is 1. The molecule has 0 spiro atoms. The van der Waals surface area contributed by atoms with Gasteiger partial charge in [0.15, 0.2) is 0 Å². The smallest absolute Gasteiger partial charge is 0.0647 e. The van der Waals surface area contributed by atoms with Crippen molar-refractivity contribution >= 4 is 18.0 Å². The second kappa shape index (κ2) is 2.03. The van der Waals surface area contributed by atoms with E-state index in [9.17, 15) is 0 Å². The summed E-state index contributed by atoms with van der Waals surface area (Å²) in [5, 5.41) is 0. The normalized spacial score (nSPS) is 23.1. The van der Waals surface area contributed by atoms with Crippen molar-refractivity contribution in [2.75, 3.05) is 12.3 Å². The van der Waals surface area contributed by atoms with Gasteiger partial charge >= 0.3 is 0 Å². The SMILES string of the molecule is C1=NCC2=CCSC2=C1. The summed E-state index contributed by atoms with van der Waals surface area (Å²) in [6, 6.07) is 0. The monoisotopic (exact) mass is 137 g/mol. The van der Waals surface area contributed by atoms with Crippen LogP contribution in [0, 0.1) is 0 Å². The molecule has 0 fully saturated rings. The maximum absolute atomic E-state index is 4.14. The third kappa shape index (κ3) is 0.833. The van der Waals surface area contributed by atoms with E-state index in [4.69, 9.17) is 0 Å². The van der Waals surface area contributed by atoms with Gasteiger partial charge in [-0.2, -0.15) is 0 Å². The van der Waals surface area contributed by atoms with E-state index in [0.29, 0.717) is 0 Å². The lowest BCUT2D eigenvalue weighted by Crippen LogP contribution is -1.92. The van der Waals surface area contributed by atoms with Crippen molar-refractivity contribution in [1.29, 1.82) is 0 Å². The maximum atomic E-state index is 4.14. The summed E-state index contributed by atoms with van der Waals surface area (Å²) in [5.41, 5.74) is 1.42. The number of aliphatic imine (C=N–C) groups is 1. The van der Waals surface area contributed by atoms with Gasteiger partial charge in [0.2, 0.25) is 0 Å². The highest BCUT2D eigenvalue weighted by molar-refractivity contribution is 8.03. The fourth-order valence-electron chi connectivity index (χ4n) is 0.994. The van der Waals surface area contributed by atoms with Crippen LogP contribution >= 0.6 is 11.8 Å². The standard InChI is InChI=1S/C7H7NS/c1-3-8-5-6-2-4-9-7(1)6/h1-3H,4-5H2. The van der Waals surface area contributed by atoms with Crippen molar-refractivity contribution < 1.29 is 0 Å². The summed E-state index contributed by atoms with van der Waals surface area (Å²) < 4.78 is 0. The van der Waals surface area contributed by atoms with Crippen LogP contribution in [0.4, 0.5) is 0 Å². The minimum atomic E-state index is 0.902. The lowest BCUT2D eigenvalue weighted by molar-refractivity contribution is 1.17. The molecule has 0 aromatic carbocycles. The number of thioether (sulfide) groups is 1. The fraction of sp³-hybridized carbons (Fsp3) is 0.286. The summed E-state index contributed by atoms with van der Waals surface area (Å²) in [4.78, 5) is 5.56. The molecule has 0 aromatic rings. The van der Waals surface area contributed by atoms with Crippen molar-refractivity contribution in [2.24, 2.45) is 4.99 Å². The Morgan fingerprint density at radius 1 is 1.56 bits per heavy atom. The Balaban J connectivity index is 2.37. The first-order valence-corrected chi connectivity index (χ1v) is 3.98. The summed E-state index contributed by atoms with van der Waals surface area (Å²) in [6.45, 7) is 0.902. The molecule has 2 heteroatoms. The molecule has 0 bridgehead atoms. The molecular formula is C7H7NS. The Morgan fingerprint density at radius 2 is 2.56 bits per heavy atom. The zero-order valence-corrected chi connectivity index (χ0v) is 5.82. The van der Waals surface area contributed by atoms with E-state index in [1.54, 1.807) is 0 Å². The number of hydrogen-bond donors (Lipinski definition) is 0. The Morgan fingerprint density at radius 3 is 3.44 bits per heavy atom. The summed E-state index contributed by atoms with van der Waals surface area (Å²) in [7, 11) is 0. The van der Waals surface area contributed by atoms with E-state index in [-0.39, 0.29) is 0 Å². The molecule has 46 valence electrons. The Hall–Kier alpha value is -0.500. The van der Waals surface area contributed by atoms with Gasteiger partial charge in [-0.3, -0.25) is 4.99 Å². The lowest BCUT2D eigenvalue weighted by atomic mass is 10.2. The van der Waals surface area contributed by atoms with Crippen LogP contribution in [-0.4, -0.2) is 18.5 Å². The first-order chi connectivity index (χ1) is 4.47. The molecule has 2 heterocycles. The second-order valence-electron chi connectivity index (χ2n) is 2.06. The van der Waals surface area contributed by atoms with Gasteiger partial charge in [0.1, 0.15) is 0 Å². The molecule has 0 aliphatic carbocycles. The average Bonchev–Trinajstić information content (AvgIpc) is 2.33. The van der Waals surface area contributed by atoms with E-state index >= 15 is 0 Å². The summed E-state index contributed by atoms with van der Waals surface area (Å²) in [5.74, 6) is 1.14. The summed E-state index contributed by atoms with van der Waals surface area (Å²) in [6.07, 6.45) is 6.24. The number of rotatable bonds is 0. The average molecular weight is 137 g/mol. The zero-order valence-electron chi connectivity index (χ0n) is 5.00. The Bertz CT molecular complexity index is 213. The van der Waals surface area contributed by atoms with Crippen LogP contribution in [-0.2, 0) is 0 Å². The molecule has 0 radical (unpaired) electrons. The van der Waals surface area contributed by atoms with Crippen LogP contribution in [0.15, 0.2) is 27.6 Å². The minimum absolute atomic E-state index is 0.902. The zero-order chi connectivity index (χ0) is 6.10. The highest BCUT2D eigenvalue weighted by atomic mass is 32.2. The van der Waals surface area contributed by atoms with Crippen LogP contribution < -0.4 is 0 Å². The van der Waals surface area contributed by atoms with Gasteiger partial charge < -0.3 is 0 Å². The van der Waals surface area contributed by atoms with Gasteiger partial charge in [-0.05, 0) is 11.6 Å². The van der Waals surface area contributed by atoms with Crippen LogP contribution in [0.1, 0.15) is 0 Å². The molecule has 1 nitrogen and oxygen atoms in total. The van der Waals surface area contributed by atoms with Crippen LogP contribution in [0.25, 0.3) is 0 Å². The summed E-state index contributed by atoms with van der Waals surface area (Å²) >= 11 is 1.90. The van der Waals surface area contributed by atoms with Gasteiger partial charge in [0.25, 0.3) is 0 Å². The molecule has 9 heavy (non-hydrogen) atoms. The van der Waals surface area contributed by atoms with Crippen LogP contribution in [0.5, 0.6) is 0 Å². The van der Waals surface area contributed by atoms with Crippen LogP contribution in [0.2, 0.25) is 0 Å². The van der Waals surface area contributed by atoms with Gasteiger partial charge in [-0.25, -0.2) is 0 Å². The molecule has 2 aliphatic heterocycles. The first-order valence-electron chi connectivity index (χ1n) is 2.99. The number of nitrogens with zero attached hydrogens (tertiary/aromatic N) is 1. The topological polar surface area (TPSA) is 12.4 Å². The van der Waals surface area contributed by atoms with Crippen molar-refractivity contribution in [2.45, 2.75) is 0 Å². The van der Waals surface area contributed by atoms with Gasteiger partial charge in [0.05, 0.1) is 6.54 Å². The van der Waals surface area contributed by atoms with E-state index in [1.165, 1.54) is 10.5 Å². The largest absolute Gasteiger partial charge is 0.288 e. The first kappa shape index (κ1) is 5.30. The number of hydrogen-bond acceptors (Lipinski definition) is 2. The van der Waals surface area contributed by atoms with E-state index in [1.807, 2.05) is 18.0 Å². The second-order valence-corrected chi connectivity index (χ2v) is 3.12. The van der Waals surface area contributed by atoms with E-state index in [0.717, 1.165) is 12.3 Å². The van der Waals surface area contributed by atoms with Gasteiger partial charge in [-0.1, -0.05) is 6.08 Å². The van der Waals surface area contributed by atoms with Crippen LogP contribution in [0.3, 0.4) is 0 Å². The number of allylic oxidation sites excluding steroid dienone is 1. The van der Waals surface area contributed by atoms with E-state index in [2.05, 4.69) is 17.1 Å². The van der Waals surface area contributed by atoms with Crippen molar-refractivity contribution in [3.05, 3.63) is 22.6 Å². The predicted octanol–water partition coefficient (Wildman–Crippen LogP) is 1.63. The highest BCUT2D eigenvalue weighted by Crippen LogP contribution is 2.31. The molecular weight excluding hydrogens is 130 g/mol. The molecule has 0 amide bonds. The maximum Gasteiger partial charge on any atom is 0.0647 e. The molecule has 0 atom stereocenters. The third-order valence-electron chi connectivity index (χ3n) is 1.48. The molecule has 0 unspecified atom stereocenters.